The van der Waals surface area contributed by atoms with Gasteiger partial charge >= 0.3 is 0 Å². The molecule has 3 heteroatoms. The smallest absolute Gasteiger partial charge is 0.158 e. The molecule has 0 radical (unpaired) electrons. The van der Waals surface area contributed by atoms with E-state index in [0.717, 1.165) is 13.0 Å². The summed E-state index contributed by atoms with van der Waals surface area (Å²) in [5.41, 5.74) is 5.56. The van der Waals surface area contributed by atoms with Crippen molar-refractivity contribution in [3.63, 3.8) is 0 Å². The average Bonchev–Trinajstić information content (AvgIpc) is 1.83. The lowest BCUT2D eigenvalue weighted by Gasteiger charge is -2.06. The van der Waals surface area contributed by atoms with Crippen LogP contribution >= 0.6 is 0 Å². The van der Waals surface area contributed by atoms with E-state index in [1.807, 2.05) is 0 Å². The van der Waals surface area contributed by atoms with Crippen LogP contribution < -0.4 is 5.73 Å². The highest BCUT2D eigenvalue weighted by atomic mass is 28.2. The lowest BCUT2D eigenvalue weighted by atomic mass is 10.3. The lowest BCUT2D eigenvalue weighted by molar-refractivity contribution is 0.302. The van der Waals surface area contributed by atoms with Gasteiger partial charge in [0.25, 0.3) is 0 Å². The summed E-state index contributed by atoms with van der Waals surface area (Å²) >= 11 is 0. The first kappa shape index (κ1) is 8.14. The van der Waals surface area contributed by atoms with Crippen molar-refractivity contribution < 1.29 is 4.43 Å². The minimum Gasteiger partial charge on any atom is -0.423 e. The van der Waals surface area contributed by atoms with E-state index >= 15 is 0 Å². The zero-order valence-corrected chi connectivity index (χ0v) is 7.10. The third kappa shape index (κ3) is 4.30. The maximum Gasteiger partial charge on any atom is 0.158 e. The van der Waals surface area contributed by atoms with Gasteiger partial charge in [0.2, 0.25) is 0 Å². The molecular formula is C5H15NOSi. The molecule has 0 heterocycles. The molecule has 8 heavy (non-hydrogen) atoms. The van der Waals surface area contributed by atoms with Gasteiger partial charge in [0.05, 0.1) is 0 Å². The van der Waals surface area contributed by atoms with E-state index in [4.69, 9.17) is 10.2 Å². The number of rotatable bonds is 4. The molecular weight excluding hydrogens is 118 g/mol. The molecule has 0 aliphatic carbocycles. The summed E-state index contributed by atoms with van der Waals surface area (Å²) in [5, 5.41) is 0. The second-order valence-corrected chi connectivity index (χ2v) is 2.81. The van der Waals surface area contributed by atoms with Crippen LogP contribution in [0.15, 0.2) is 0 Å². The van der Waals surface area contributed by atoms with Crippen molar-refractivity contribution in [2.45, 2.75) is 25.9 Å². The fourth-order valence-corrected chi connectivity index (χ4v) is 0.926. The highest BCUT2D eigenvalue weighted by Crippen LogP contribution is 1.84. The molecule has 0 aromatic carbocycles. The fraction of sp³-hybridized carbons (Fsp3) is 1.00. The van der Waals surface area contributed by atoms with Gasteiger partial charge in [0, 0.05) is 12.6 Å². The summed E-state index contributed by atoms with van der Waals surface area (Å²) in [6.07, 6.45) is 1.02. The molecule has 0 saturated carbocycles. The Balaban J connectivity index is 2.86. The van der Waals surface area contributed by atoms with Crippen LogP contribution in [0.2, 0.25) is 6.55 Å². The molecule has 1 unspecified atom stereocenters. The van der Waals surface area contributed by atoms with Gasteiger partial charge in [0.1, 0.15) is 0 Å². The standard InChI is InChI=1S/C5H15NOSi/c1-3-5(6)4-7-8-2/h5H,3-4,6,8H2,1-2H3. The van der Waals surface area contributed by atoms with E-state index in [9.17, 15) is 0 Å². The molecule has 1 atom stereocenters. The van der Waals surface area contributed by atoms with Crippen molar-refractivity contribution in [1.82, 2.24) is 0 Å². The minimum absolute atomic E-state index is 0.218. The van der Waals surface area contributed by atoms with Crippen molar-refractivity contribution in [3.05, 3.63) is 0 Å². The van der Waals surface area contributed by atoms with Gasteiger partial charge in [-0.15, -0.1) is 0 Å². The molecule has 2 N–H and O–H groups in total. The van der Waals surface area contributed by atoms with Crippen molar-refractivity contribution in [2.24, 2.45) is 5.73 Å². The highest BCUT2D eigenvalue weighted by Gasteiger charge is 1.94. The molecule has 0 fully saturated rings. The Morgan fingerprint density at radius 1 is 1.75 bits per heavy atom. The predicted molar refractivity (Wildman–Crippen MR) is 38.6 cm³/mol. The Morgan fingerprint density at radius 3 is 2.75 bits per heavy atom. The molecule has 0 aromatic heterocycles. The average molecular weight is 133 g/mol. The van der Waals surface area contributed by atoms with Gasteiger partial charge in [-0.2, -0.15) is 0 Å². The van der Waals surface area contributed by atoms with Crippen molar-refractivity contribution in [1.29, 1.82) is 0 Å². The SMILES string of the molecule is CCC(N)CO[SiH2]C. The van der Waals surface area contributed by atoms with Crippen LogP contribution in [0.5, 0.6) is 0 Å². The van der Waals surface area contributed by atoms with E-state index in [1.54, 1.807) is 0 Å². The molecule has 50 valence electrons. The van der Waals surface area contributed by atoms with Gasteiger partial charge in [-0.05, 0) is 6.42 Å². The normalized spacial score (nSPS) is 15.4. The zero-order chi connectivity index (χ0) is 6.41. The number of hydrogen-bond acceptors (Lipinski definition) is 2. The molecule has 0 rings (SSSR count). The first-order chi connectivity index (χ1) is 3.81. The van der Waals surface area contributed by atoms with Crippen molar-refractivity contribution in [3.8, 4) is 0 Å². The summed E-state index contributed by atoms with van der Waals surface area (Å²) in [7, 11) is -0.218. The van der Waals surface area contributed by atoms with Gasteiger partial charge < -0.3 is 10.2 Å². The Bertz CT molecular complexity index is 51.7. The summed E-state index contributed by atoms with van der Waals surface area (Å²) < 4.78 is 5.20. The largest absolute Gasteiger partial charge is 0.423 e. The van der Waals surface area contributed by atoms with E-state index in [-0.39, 0.29) is 15.8 Å². The van der Waals surface area contributed by atoms with E-state index in [1.165, 1.54) is 0 Å². The van der Waals surface area contributed by atoms with Crippen LogP contribution in [0, 0.1) is 0 Å². The number of nitrogens with two attached hydrogens (primary N) is 1. The Labute approximate surface area is 53.4 Å². The third-order valence-corrected chi connectivity index (χ3v) is 1.70. The molecule has 0 bridgehead atoms. The van der Waals surface area contributed by atoms with Gasteiger partial charge in [-0.25, -0.2) is 0 Å². The van der Waals surface area contributed by atoms with Crippen LogP contribution in [0.3, 0.4) is 0 Å². The summed E-state index contributed by atoms with van der Waals surface area (Å²) in [6, 6.07) is 0.266. The summed E-state index contributed by atoms with van der Waals surface area (Å²) in [5.74, 6) is 0. The Hall–Kier alpha value is 0.137. The quantitative estimate of drug-likeness (QED) is 0.542. The van der Waals surface area contributed by atoms with Gasteiger partial charge in [-0.1, -0.05) is 13.5 Å². The highest BCUT2D eigenvalue weighted by molar-refractivity contribution is 6.24. The molecule has 0 spiro atoms. The first-order valence-electron chi connectivity index (χ1n) is 3.14. The summed E-state index contributed by atoms with van der Waals surface area (Å²) in [6.45, 7) is 4.95. The molecule has 2 nitrogen and oxygen atoms in total. The zero-order valence-electron chi connectivity index (χ0n) is 5.68. The molecule has 0 amide bonds. The molecule has 0 aromatic rings. The maximum absolute atomic E-state index is 5.56. The van der Waals surface area contributed by atoms with Crippen LogP contribution in [-0.4, -0.2) is 22.4 Å². The monoisotopic (exact) mass is 133 g/mol. The second kappa shape index (κ2) is 5.28. The Morgan fingerprint density at radius 2 is 2.38 bits per heavy atom. The predicted octanol–water partition coefficient (Wildman–Crippen LogP) is -0.128. The van der Waals surface area contributed by atoms with E-state index in [2.05, 4.69) is 13.5 Å². The van der Waals surface area contributed by atoms with Crippen LogP contribution in [-0.2, 0) is 4.43 Å². The van der Waals surface area contributed by atoms with Gasteiger partial charge in [-0.3, -0.25) is 0 Å². The number of hydrogen-bond donors (Lipinski definition) is 1. The fourth-order valence-electron chi connectivity index (χ4n) is 0.387. The van der Waals surface area contributed by atoms with E-state index in [0.29, 0.717) is 0 Å². The minimum atomic E-state index is -0.218. The lowest BCUT2D eigenvalue weighted by Crippen LogP contribution is -2.25. The maximum atomic E-state index is 5.56. The van der Waals surface area contributed by atoms with E-state index < -0.39 is 0 Å². The molecule has 0 aliphatic heterocycles. The van der Waals surface area contributed by atoms with Crippen LogP contribution in [0.25, 0.3) is 0 Å². The second-order valence-electron chi connectivity index (χ2n) is 1.83. The van der Waals surface area contributed by atoms with Gasteiger partial charge in [0.15, 0.2) is 9.76 Å². The van der Waals surface area contributed by atoms with Crippen LogP contribution in [0.4, 0.5) is 0 Å². The first-order valence-corrected chi connectivity index (χ1v) is 5.13. The molecule has 0 saturated heterocycles. The summed E-state index contributed by atoms with van der Waals surface area (Å²) in [4.78, 5) is 0. The topological polar surface area (TPSA) is 35.2 Å². The molecule has 0 aliphatic rings. The van der Waals surface area contributed by atoms with Crippen molar-refractivity contribution >= 4 is 9.76 Å². The Kier molecular flexibility index (Phi) is 5.37. The third-order valence-electron chi connectivity index (χ3n) is 1.06. The van der Waals surface area contributed by atoms with Crippen molar-refractivity contribution in [2.75, 3.05) is 6.61 Å². The van der Waals surface area contributed by atoms with Crippen LogP contribution in [0.1, 0.15) is 13.3 Å².